The van der Waals surface area contributed by atoms with Gasteiger partial charge in [-0.25, -0.2) is 4.98 Å². The van der Waals surface area contributed by atoms with Gasteiger partial charge in [-0.15, -0.1) is 0 Å². The van der Waals surface area contributed by atoms with Gasteiger partial charge in [0, 0.05) is 41.2 Å². The van der Waals surface area contributed by atoms with Gasteiger partial charge in [-0.3, -0.25) is 4.79 Å². The fraction of sp³-hybridized carbons (Fsp3) is 0.0455. The lowest BCUT2D eigenvalue weighted by Gasteiger charge is -2.12. The number of aromatic amines is 1. The summed E-state index contributed by atoms with van der Waals surface area (Å²) in [6.45, 7) is 0.308. The Hall–Kier alpha value is -4.33. The minimum Gasteiger partial charge on any atom is -0.399 e. The Morgan fingerprint density at radius 3 is 2.77 bits per heavy atom. The molecular weight excluding hydrogens is 378 g/mol. The topological polar surface area (TPSA) is 160 Å². The quantitative estimate of drug-likeness (QED) is 0.224. The number of nitrogen functional groups attached to an aromatic ring is 3. The maximum absolute atomic E-state index is 12.9. The summed E-state index contributed by atoms with van der Waals surface area (Å²) in [5, 5.41) is 11.4. The van der Waals surface area contributed by atoms with E-state index in [1.807, 2.05) is 18.3 Å². The predicted octanol–water partition coefficient (Wildman–Crippen LogP) is 2.90. The van der Waals surface area contributed by atoms with Gasteiger partial charge in [0.15, 0.2) is 0 Å². The van der Waals surface area contributed by atoms with E-state index in [2.05, 4.69) is 15.3 Å². The number of H-pyrrole nitrogens is 1. The normalized spacial score (nSPS) is 10.8. The highest BCUT2D eigenvalue weighted by Crippen LogP contribution is 2.32. The van der Waals surface area contributed by atoms with Crippen molar-refractivity contribution in [3.63, 3.8) is 0 Å². The van der Waals surface area contributed by atoms with Gasteiger partial charge in [-0.2, -0.15) is 0 Å². The first-order valence-electron chi connectivity index (χ1n) is 9.26. The van der Waals surface area contributed by atoms with Crippen molar-refractivity contribution in [1.29, 1.82) is 5.41 Å². The highest BCUT2D eigenvalue weighted by Gasteiger charge is 2.17. The van der Waals surface area contributed by atoms with Gasteiger partial charge >= 0.3 is 0 Å². The maximum Gasteiger partial charge on any atom is 0.253 e. The number of nitrogens with zero attached hydrogens (tertiary/aromatic N) is 1. The molecule has 0 aliphatic rings. The van der Waals surface area contributed by atoms with Crippen LogP contribution in [0.3, 0.4) is 0 Å². The van der Waals surface area contributed by atoms with Crippen LogP contribution >= 0.6 is 0 Å². The third-order valence-corrected chi connectivity index (χ3v) is 4.91. The fourth-order valence-corrected chi connectivity index (χ4v) is 3.40. The number of hydrogen-bond acceptors (Lipinski definition) is 6. The Labute approximate surface area is 172 Å². The van der Waals surface area contributed by atoms with E-state index in [1.165, 1.54) is 0 Å². The molecule has 0 spiro atoms. The van der Waals surface area contributed by atoms with E-state index in [0.717, 1.165) is 33.8 Å². The van der Waals surface area contributed by atoms with Crippen molar-refractivity contribution in [1.82, 2.24) is 15.3 Å². The summed E-state index contributed by atoms with van der Waals surface area (Å²) in [5.41, 5.74) is 22.7. The van der Waals surface area contributed by atoms with Crippen molar-refractivity contribution in [3.8, 4) is 11.1 Å². The number of carbonyl (C=O) groups excluding carboxylic acids is 1. The number of anilines is 3. The van der Waals surface area contributed by atoms with Crippen LogP contribution in [0, 0.1) is 5.41 Å². The molecule has 9 N–H and O–H groups in total. The molecule has 0 saturated heterocycles. The van der Waals surface area contributed by atoms with Gasteiger partial charge in [0.2, 0.25) is 0 Å². The van der Waals surface area contributed by atoms with Crippen molar-refractivity contribution in [2.45, 2.75) is 6.54 Å². The number of amides is 1. The second-order valence-corrected chi connectivity index (χ2v) is 6.96. The summed E-state index contributed by atoms with van der Waals surface area (Å²) in [7, 11) is 0. The predicted molar refractivity (Wildman–Crippen MR) is 120 cm³/mol. The van der Waals surface area contributed by atoms with Crippen LogP contribution in [0.25, 0.3) is 22.0 Å². The number of pyridine rings is 1. The summed E-state index contributed by atoms with van der Waals surface area (Å²) in [5.74, 6) is 0.0621. The molecule has 2 aromatic carbocycles. The zero-order chi connectivity index (χ0) is 21.3. The number of benzene rings is 2. The van der Waals surface area contributed by atoms with Crippen molar-refractivity contribution >= 4 is 40.2 Å². The maximum atomic E-state index is 12.9. The number of fused-ring (bicyclic) bond motifs is 1. The molecule has 0 aliphatic carbocycles. The first kappa shape index (κ1) is 19.0. The second kappa shape index (κ2) is 7.59. The first-order valence-corrected chi connectivity index (χ1v) is 9.26. The number of hydrogen-bond donors (Lipinski definition) is 6. The van der Waals surface area contributed by atoms with E-state index < -0.39 is 0 Å². The Morgan fingerprint density at radius 2 is 2.00 bits per heavy atom. The van der Waals surface area contributed by atoms with Gasteiger partial charge in [0.05, 0.1) is 23.0 Å². The average Bonchev–Trinajstić information content (AvgIpc) is 3.15. The Kier molecular flexibility index (Phi) is 4.81. The van der Waals surface area contributed by atoms with Crippen LogP contribution in [0.5, 0.6) is 0 Å². The Morgan fingerprint density at radius 1 is 1.17 bits per heavy atom. The standard InChI is InChI=1S/C22H21N7O/c23-8-14-5-13(18-10-27-19-11-28-20(25)7-16(18)19)6-17(21(14)26)22(30)29-9-12-2-1-3-15(24)4-12/h1-8,10-11,23,27H,9,24,26H2,(H2,25,28)(H,29,30). The van der Waals surface area contributed by atoms with E-state index in [1.54, 1.807) is 36.5 Å². The van der Waals surface area contributed by atoms with Crippen molar-refractivity contribution in [2.75, 3.05) is 17.2 Å². The summed E-state index contributed by atoms with van der Waals surface area (Å²) >= 11 is 0. The van der Waals surface area contributed by atoms with Gasteiger partial charge in [-0.1, -0.05) is 12.1 Å². The molecule has 0 unspecified atom stereocenters. The molecule has 8 heteroatoms. The summed E-state index contributed by atoms with van der Waals surface area (Å²) in [4.78, 5) is 20.1. The number of nitrogens with two attached hydrogens (primary N) is 3. The zero-order valence-electron chi connectivity index (χ0n) is 16.1. The minimum atomic E-state index is -0.333. The van der Waals surface area contributed by atoms with Crippen LogP contribution < -0.4 is 22.5 Å². The molecule has 0 saturated carbocycles. The molecule has 2 heterocycles. The smallest absolute Gasteiger partial charge is 0.253 e. The van der Waals surface area contributed by atoms with Crippen molar-refractivity contribution in [2.24, 2.45) is 0 Å². The molecule has 0 radical (unpaired) electrons. The number of rotatable bonds is 5. The van der Waals surface area contributed by atoms with E-state index >= 15 is 0 Å². The first-order chi connectivity index (χ1) is 14.5. The molecule has 0 aliphatic heterocycles. The molecule has 1 amide bonds. The van der Waals surface area contributed by atoms with Gasteiger partial charge in [0.25, 0.3) is 5.91 Å². The zero-order valence-corrected chi connectivity index (χ0v) is 16.1. The number of nitrogens with one attached hydrogen (secondary N) is 3. The third-order valence-electron chi connectivity index (χ3n) is 4.91. The SMILES string of the molecule is N=Cc1cc(-c2c[nH]c3cnc(N)cc23)cc(C(=O)NCc2cccc(N)c2)c1N. The Bertz CT molecular complexity index is 1280. The molecule has 8 nitrogen and oxygen atoms in total. The van der Waals surface area contributed by atoms with E-state index in [0.29, 0.717) is 29.2 Å². The van der Waals surface area contributed by atoms with Crippen LogP contribution in [0.1, 0.15) is 21.5 Å². The molecule has 30 heavy (non-hydrogen) atoms. The fourth-order valence-electron chi connectivity index (χ4n) is 3.40. The average molecular weight is 399 g/mol. The molecule has 2 aromatic heterocycles. The monoisotopic (exact) mass is 399 g/mol. The van der Waals surface area contributed by atoms with Gasteiger partial charge in [-0.05, 0) is 41.5 Å². The van der Waals surface area contributed by atoms with Crippen LogP contribution in [-0.4, -0.2) is 22.1 Å². The van der Waals surface area contributed by atoms with Crippen LogP contribution in [0.15, 0.2) is 54.9 Å². The molecular formula is C22H21N7O. The Balaban J connectivity index is 1.72. The lowest BCUT2D eigenvalue weighted by atomic mass is 9.97. The van der Waals surface area contributed by atoms with E-state index in [-0.39, 0.29) is 11.6 Å². The molecule has 0 fully saturated rings. The van der Waals surface area contributed by atoms with Gasteiger partial charge in [0.1, 0.15) is 5.82 Å². The molecule has 150 valence electrons. The summed E-state index contributed by atoms with van der Waals surface area (Å²) in [6.07, 6.45) is 4.61. The molecule has 4 rings (SSSR count). The van der Waals surface area contributed by atoms with Gasteiger partial charge < -0.3 is 32.9 Å². The van der Waals surface area contributed by atoms with Crippen LogP contribution in [-0.2, 0) is 6.54 Å². The second-order valence-electron chi connectivity index (χ2n) is 6.96. The molecule has 0 atom stereocenters. The molecule has 4 aromatic rings. The lowest BCUT2D eigenvalue weighted by molar-refractivity contribution is 0.0952. The number of carbonyl (C=O) groups is 1. The minimum absolute atomic E-state index is 0.250. The van der Waals surface area contributed by atoms with Crippen LogP contribution in [0.4, 0.5) is 17.2 Å². The lowest BCUT2D eigenvalue weighted by Crippen LogP contribution is -2.24. The third kappa shape index (κ3) is 3.53. The van der Waals surface area contributed by atoms with Crippen LogP contribution in [0.2, 0.25) is 0 Å². The van der Waals surface area contributed by atoms with E-state index in [9.17, 15) is 4.79 Å². The number of aromatic nitrogens is 2. The summed E-state index contributed by atoms with van der Waals surface area (Å²) in [6, 6.07) is 12.5. The molecule has 0 bridgehead atoms. The summed E-state index contributed by atoms with van der Waals surface area (Å²) < 4.78 is 0. The van der Waals surface area contributed by atoms with E-state index in [4.69, 9.17) is 22.6 Å². The van der Waals surface area contributed by atoms with Crippen molar-refractivity contribution < 1.29 is 4.79 Å². The van der Waals surface area contributed by atoms with Crippen molar-refractivity contribution in [3.05, 3.63) is 71.5 Å². The largest absolute Gasteiger partial charge is 0.399 e. The highest BCUT2D eigenvalue weighted by atomic mass is 16.1. The highest BCUT2D eigenvalue weighted by molar-refractivity contribution is 6.06.